The van der Waals surface area contributed by atoms with Gasteiger partial charge in [0.05, 0.1) is 12.2 Å². The molecule has 6 heteroatoms. The van der Waals surface area contributed by atoms with E-state index >= 15 is 0 Å². The molecule has 1 unspecified atom stereocenters. The molecule has 3 aromatic rings. The van der Waals surface area contributed by atoms with Crippen LogP contribution >= 0.6 is 0 Å². The van der Waals surface area contributed by atoms with Crippen LogP contribution in [0.3, 0.4) is 0 Å². The summed E-state index contributed by atoms with van der Waals surface area (Å²) in [6, 6.07) is 7.89. The molecule has 150 valence electrons. The summed E-state index contributed by atoms with van der Waals surface area (Å²) in [6.07, 6.45) is -1.99. The summed E-state index contributed by atoms with van der Waals surface area (Å²) in [5.74, 6) is 0.535. The van der Waals surface area contributed by atoms with Gasteiger partial charge in [-0.2, -0.15) is 13.2 Å². The molecule has 0 spiro atoms. The van der Waals surface area contributed by atoms with Gasteiger partial charge in [-0.05, 0) is 60.6 Å². The number of fused-ring (bicyclic) bond motifs is 1. The minimum atomic E-state index is -4.49. The van der Waals surface area contributed by atoms with E-state index < -0.39 is 11.7 Å². The molecule has 2 heterocycles. The number of nitrogens with one attached hydrogen (secondary N) is 1. The second-order valence-corrected chi connectivity index (χ2v) is 7.83. The fraction of sp³-hybridized carbons (Fsp3) is 0.409. The minimum Gasteiger partial charge on any atom is -0.493 e. The summed E-state index contributed by atoms with van der Waals surface area (Å²) >= 11 is 0. The zero-order valence-corrected chi connectivity index (χ0v) is 16.5. The maximum absolute atomic E-state index is 13.7. The highest BCUT2D eigenvalue weighted by molar-refractivity contribution is 5.93. The fourth-order valence-electron chi connectivity index (χ4n) is 3.56. The Labute approximate surface area is 162 Å². The summed E-state index contributed by atoms with van der Waals surface area (Å²) in [5.41, 5.74) is 2.01. The Bertz CT molecular complexity index is 960. The van der Waals surface area contributed by atoms with Gasteiger partial charge in [-0.1, -0.05) is 26.8 Å². The molecular formula is C22H25F3N2O. The molecule has 0 radical (unpaired) electrons. The van der Waals surface area contributed by atoms with Crippen molar-refractivity contribution in [1.29, 1.82) is 0 Å². The van der Waals surface area contributed by atoms with E-state index in [2.05, 4.69) is 23.8 Å². The topological polar surface area (TPSA) is 37.9 Å². The summed E-state index contributed by atoms with van der Waals surface area (Å²) < 4.78 is 46.7. The van der Waals surface area contributed by atoms with E-state index in [9.17, 15) is 13.2 Å². The van der Waals surface area contributed by atoms with Gasteiger partial charge >= 0.3 is 6.18 Å². The number of benzene rings is 1. The third kappa shape index (κ3) is 4.49. The summed E-state index contributed by atoms with van der Waals surface area (Å²) in [6.45, 7) is 8.32. The van der Waals surface area contributed by atoms with E-state index in [1.54, 1.807) is 18.3 Å². The molecule has 0 bridgehead atoms. The van der Waals surface area contributed by atoms with Crippen molar-refractivity contribution in [1.82, 2.24) is 9.97 Å². The molecule has 0 amide bonds. The first-order valence-corrected chi connectivity index (χ1v) is 9.44. The van der Waals surface area contributed by atoms with Crippen molar-refractivity contribution in [2.75, 3.05) is 6.61 Å². The van der Waals surface area contributed by atoms with E-state index in [1.807, 2.05) is 19.9 Å². The van der Waals surface area contributed by atoms with Crippen molar-refractivity contribution in [3.63, 3.8) is 0 Å². The number of H-pyrrole nitrogens is 1. The Morgan fingerprint density at radius 1 is 1.11 bits per heavy atom. The maximum atomic E-state index is 13.7. The molecular weight excluding hydrogens is 365 g/mol. The molecule has 0 aliphatic rings. The Hall–Kier alpha value is -2.50. The highest BCUT2D eigenvalue weighted by atomic mass is 19.4. The molecule has 0 aliphatic carbocycles. The van der Waals surface area contributed by atoms with Crippen molar-refractivity contribution < 1.29 is 17.9 Å². The Balaban J connectivity index is 1.97. The number of ether oxygens (including phenoxy) is 1. The van der Waals surface area contributed by atoms with Gasteiger partial charge in [0.2, 0.25) is 0 Å². The second kappa shape index (κ2) is 7.86. The number of pyridine rings is 1. The average Bonchev–Trinajstić information content (AvgIpc) is 2.98. The van der Waals surface area contributed by atoms with Crippen LogP contribution in [0.4, 0.5) is 13.2 Å². The standard InChI is InChI=1S/C22H25F3N2O/c1-13(2)9-14(3)12-28-20-6-5-16(11-19(20)22(23,24)25)17-7-8-26-21-18(17)10-15(4)27-21/h5-8,10-11,13-14H,9,12H2,1-4H3,(H,26,27). The first-order chi connectivity index (χ1) is 13.1. The molecule has 0 saturated heterocycles. The first-order valence-electron chi connectivity index (χ1n) is 9.44. The number of aryl methyl sites for hydroxylation is 1. The lowest BCUT2D eigenvalue weighted by atomic mass is 9.99. The van der Waals surface area contributed by atoms with Gasteiger partial charge < -0.3 is 9.72 Å². The molecule has 3 rings (SSSR count). The van der Waals surface area contributed by atoms with Gasteiger partial charge in [0, 0.05) is 17.3 Å². The molecule has 2 aromatic heterocycles. The van der Waals surface area contributed by atoms with Crippen LogP contribution in [0.2, 0.25) is 0 Å². The van der Waals surface area contributed by atoms with Crippen LogP contribution in [0.25, 0.3) is 22.2 Å². The number of halogens is 3. The molecule has 0 saturated carbocycles. The van der Waals surface area contributed by atoms with Crippen molar-refractivity contribution >= 4 is 11.0 Å². The van der Waals surface area contributed by atoms with Gasteiger partial charge in [-0.25, -0.2) is 4.98 Å². The summed E-state index contributed by atoms with van der Waals surface area (Å²) in [4.78, 5) is 7.36. The predicted molar refractivity (Wildman–Crippen MR) is 105 cm³/mol. The lowest BCUT2D eigenvalue weighted by Gasteiger charge is -2.19. The third-order valence-electron chi connectivity index (χ3n) is 4.66. The normalized spacial score (nSPS) is 13.3. The van der Waals surface area contributed by atoms with Crippen LogP contribution in [-0.4, -0.2) is 16.6 Å². The first kappa shape index (κ1) is 20.2. The highest BCUT2D eigenvalue weighted by Crippen LogP contribution is 2.40. The number of hydrogen-bond donors (Lipinski definition) is 1. The van der Waals surface area contributed by atoms with Gasteiger partial charge in [0.1, 0.15) is 11.4 Å². The monoisotopic (exact) mass is 390 g/mol. The second-order valence-electron chi connectivity index (χ2n) is 7.83. The number of aromatic amines is 1. The number of aromatic nitrogens is 2. The van der Waals surface area contributed by atoms with Crippen molar-refractivity contribution in [2.45, 2.75) is 40.3 Å². The maximum Gasteiger partial charge on any atom is 0.419 e. The molecule has 1 atom stereocenters. The SMILES string of the molecule is Cc1cc2c(-c3ccc(OCC(C)CC(C)C)c(C(F)(F)F)c3)ccnc2[nH]1. The molecule has 3 nitrogen and oxygen atoms in total. The average molecular weight is 390 g/mol. The number of nitrogens with zero attached hydrogens (tertiary/aromatic N) is 1. The van der Waals surface area contributed by atoms with E-state index in [0.717, 1.165) is 17.5 Å². The summed E-state index contributed by atoms with van der Waals surface area (Å²) in [5, 5.41) is 0.798. The van der Waals surface area contributed by atoms with Crippen molar-refractivity contribution in [2.24, 2.45) is 11.8 Å². The van der Waals surface area contributed by atoms with E-state index in [-0.39, 0.29) is 18.3 Å². The number of hydrogen-bond acceptors (Lipinski definition) is 2. The van der Waals surface area contributed by atoms with Crippen LogP contribution in [-0.2, 0) is 6.18 Å². The van der Waals surface area contributed by atoms with E-state index in [0.29, 0.717) is 22.7 Å². The van der Waals surface area contributed by atoms with Gasteiger partial charge in [0.15, 0.2) is 0 Å². The minimum absolute atomic E-state index is 0.123. The third-order valence-corrected chi connectivity index (χ3v) is 4.66. The Kier molecular flexibility index (Phi) is 5.68. The zero-order valence-electron chi connectivity index (χ0n) is 16.5. The van der Waals surface area contributed by atoms with Crippen LogP contribution in [0, 0.1) is 18.8 Å². The Morgan fingerprint density at radius 3 is 2.54 bits per heavy atom. The van der Waals surface area contributed by atoms with Crippen molar-refractivity contribution in [3.05, 3.63) is 47.8 Å². The largest absolute Gasteiger partial charge is 0.493 e. The van der Waals surface area contributed by atoms with Crippen LogP contribution < -0.4 is 4.74 Å². The van der Waals surface area contributed by atoms with Gasteiger partial charge in [-0.3, -0.25) is 0 Å². The number of rotatable bonds is 6. The molecule has 0 aliphatic heterocycles. The lowest BCUT2D eigenvalue weighted by molar-refractivity contribution is -0.139. The quantitative estimate of drug-likeness (QED) is 0.514. The molecule has 28 heavy (non-hydrogen) atoms. The van der Waals surface area contributed by atoms with Gasteiger partial charge in [-0.15, -0.1) is 0 Å². The van der Waals surface area contributed by atoms with E-state index in [1.165, 1.54) is 12.1 Å². The van der Waals surface area contributed by atoms with Crippen LogP contribution in [0.5, 0.6) is 5.75 Å². The summed E-state index contributed by atoms with van der Waals surface area (Å²) in [7, 11) is 0. The Morgan fingerprint density at radius 2 is 1.86 bits per heavy atom. The molecule has 1 aromatic carbocycles. The zero-order chi connectivity index (χ0) is 20.5. The van der Waals surface area contributed by atoms with Crippen LogP contribution in [0.1, 0.15) is 38.4 Å². The molecule has 1 N–H and O–H groups in total. The van der Waals surface area contributed by atoms with E-state index in [4.69, 9.17) is 4.74 Å². The van der Waals surface area contributed by atoms with Gasteiger partial charge in [0.25, 0.3) is 0 Å². The lowest BCUT2D eigenvalue weighted by Crippen LogP contribution is -2.14. The van der Waals surface area contributed by atoms with Crippen LogP contribution in [0.15, 0.2) is 36.5 Å². The van der Waals surface area contributed by atoms with Crippen molar-refractivity contribution in [3.8, 4) is 16.9 Å². The predicted octanol–water partition coefficient (Wildman–Crippen LogP) is 6.62. The number of alkyl halides is 3. The fourth-order valence-corrected chi connectivity index (χ4v) is 3.56. The highest BCUT2D eigenvalue weighted by Gasteiger charge is 2.35. The smallest absolute Gasteiger partial charge is 0.419 e. The molecule has 0 fully saturated rings.